The van der Waals surface area contributed by atoms with E-state index < -0.39 is 11.7 Å². The summed E-state index contributed by atoms with van der Waals surface area (Å²) in [6.45, 7) is 11.8. The molecular weight excluding hydrogens is 399 g/mol. The number of hydrogen-bond donors (Lipinski definition) is 2. The molecule has 0 unspecified atom stereocenters. The lowest BCUT2D eigenvalue weighted by molar-refractivity contribution is -0.0868. The van der Waals surface area contributed by atoms with Crippen LogP contribution < -0.4 is 21.1 Å². The standard InChI is InChI=1S/C25H34F3N3/c1-17(29-16-20-7-5-8-20)15-23-22(18(2)19(3)25(26,27)28)9-6-10-24(23)30-21-11-13-31(4)14-12-21/h6,9-10,15,20-21,29-30H,1,3,5,7-8,11-14,16H2,2,4H3/b22-18+,23-15+. The molecule has 1 aliphatic carbocycles. The first-order valence-electron chi connectivity index (χ1n) is 11.1. The van der Waals surface area contributed by atoms with Crippen LogP contribution >= 0.6 is 0 Å². The number of benzene rings is 1. The molecule has 1 aromatic carbocycles. The zero-order valence-electron chi connectivity index (χ0n) is 18.6. The average molecular weight is 434 g/mol. The molecule has 0 radical (unpaired) electrons. The predicted octanol–water partition coefficient (Wildman–Crippen LogP) is 4.17. The molecule has 1 saturated carbocycles. The SMILES string of the molecule is C=C(/C=c1/c(NC2CCN(C)CC2)ccc/c1=C(/C)C(=C)C(F)(F)F)NCC1CCC1. The van der Waals surface area contributed by atoms with Crippen molar-refractivity contribution in [2.24, 2.45) is 5.92 Å². The number of likely N-dealkylation sites (tertiary alicyclic amines) is 1. The monoisotopic (exact) mass is 433 g/mol. The van der Waals surface area contributed by atoms with Crippen molar-refractivity contribution in [1.29, 1.82) is 0 Å². The van der Waals surface area contributed by atoms with Gasteiger partial charge < -0.3 is 15.5 Å². The lowest BCUT2D eigenvalue weighted by Crippen LogP contribution is -2.39. The molecule has 1 saturated heterocycles. The second-order valence-electron chi connectivity index (χ2n) is 8.94. The number of halogens is 3. The number of hydrogen-bond acceptors (Lipinski definition) is 3. The second-order valence-corrected chi connectivity index (χ2v) is 8.94. The normalized spacial score (nSPS) is 20.2. The Morgan fingerprint density at radius 2 is 1.84 bits per heavy atom. The highest BCUT2D eigenvalue weighted by atomic mass is 19.4. The molecule has 0 atom stereocenters. The lowest BCUT2D eigenvalue weighted by Gasteiger charge is -2.30. The van der Waals surface area contributed by atoms with Crippen molar-refractivity contribution in [2.45, 2.75) is 51.2 Å². The topological polar surface area (TPSA) is 27.3 Å². The first-order valence-corrected chi connectivity index (χ1v) is 11.1. The molecule has 0 bridgehead atoms. The molecule has 1 aliphatic heterocycles. The quantitative estimate of drug-likeness (QED) is 0.676. The molecule has 6 heteroatoms. The third-order valence-electron chi connectivity index (χ3n) is 6.54. The molecule has 170 valence electrons. The van der Waals surface area contributed by atoms with Gasteiger partial charge in [0.2, 0.25) is 0 Å². The van der Waals surface area contributed by atoms with Gasteiger partial charge in [0.25, 0.3) is 0 Å². The van der Waals surface area contributed by atoms with E-state index in [9.17, 15) is 13.2 Å². The van der Waals surface area contributed by atoms with Crippen LogP contribution in [-0.2, 0) is 0 Å². The van der Waals surface area contributed by atoms with Gasteiger partial charge in [-0.1, -0.05) is 31.7 Å². The molecule has 31 heavy (non-hydrogen) atoms. The van der Waals surface area contributed by atoms with Crippen molar-refractivity contribution in [3.8, 4) is 0 Å². The van der Waals surface area contributed by atoms with Crippen molar-refractivity contribution in [1.82, 2.24) is 10.2 Å². The summed E-state index contributed by atoms with van der Waals surface area (Å²) in [5, 5.41) is 8.21. The molecule has 0 spiro atoms. The number of alkyl halides is 3. The second kappa shape index (κ2) is 9.94. The van der Waals surface area contributed by atoms with Gasteiger partial charge in [0, 0.05) is 29.2 Å². The Hall–Kier alpha value is -2.21. The van der Waals surface area contributed by atoms with E-state index in [0.29, 0.717) is 17.2 Å². The minimum Gasteiger partial charge on any atom is -0.385 e. The fourth-order valence-corrected chi connectivity index (χ4v) is 4.12. The van der Waals surface area contributed by atoms with Crippen LogP contribution in [0.25, 0.3) is 11.6 Å². The van der Waals surface area contributed by atoms with E-state index in [1.807, 2.05) is 18.2 Å². The summed E-state index contributed by atoms with van der Waals surface area (Å²) >= 11 is 0. The molecule has 2 N–H and O–H groups in total. The summed E-state index contributed by atoms with van der Waals surface area (Å²) in [4.78, 5) is 2.29. The Balaban J connectivity index is 1.98. The van der Waals surface area contributed by atoms with E-state index in [1.165, 1.54) is 26.2 Å². The summed E-state index contributed by atoms with van der Waals surface area (Å²) in [6.07, 6.45) is 3.12. The largest absolute Gasteiger partial charge is 0.416 e. The zero-order valence-corrected chi connectivity index (χ0v) is 18.6. The van der Waals surface area contributed by atoms with Crippen LogP contribution in [-0.4, -0.2) is 43.8 Å². The molecule has 0 amide bonds. The lowest BCUT2D eigenvalue weighted by atomic mass is 9.85. The van der Waals surface area contributed by atoms with E-state index in [-0.39, 0.29) is 5.57 Å². The summed E-state index contributed by atoms with van der Waals surface area (Å²) in [5.41, 5.74) is 0.883. The minimum absolute atomic E-state index is 0.137. The van der Waals surface area contributed by atoms with Crippen LogP contribution in [0.15, 0.2) is 42.6 Å². The third-order valence-corrected chi connectivity index (χ3v) is 6.54. The molecular formula is C25H34F3N3. The van der Waals surface area contributed by atoms with E-state index in [2.05, 4.69) is 35.7 Å². The molecule has 1 aromatic rings. The van der Waals surface area contributed by atoms with E-state index in [0.717, 1.165) is 49.1 Å². The first-order chi connectivity index (χ1) is 14.6. The van der Waals surface area contributed by atoms with Gasteiger partial charge in [-0.05, 0) is 81.6 Å². The summed E-state index contributed by atoms with van der Waals surface area (Å²) < 4.78 is 40.1. The van der Waals surface area contributed by atoms with Crippen molar-refractivity contribution < 1.29 is 13.2 Å². The summed E-state index contributed by atoms with van der Waals surface area (Å²) in [5.74, 6) is 0.663. The predicted molar refractivity (Wildman–Crippen MR) is 123 cm³/mol. The Morgan fingerprint density at radius 1 is 1.16 bits per heavy atom. The van der Waals surface area contributed by atoms with Gasteiger partial charge >= 0.3 is 6.18 Å². The molecule has 1 heterocycles. The Labute approximate surface area is 183 Å². The average Bonchev–Trinajstić information content (AvgIpc) is 2.68. The number of piperidine rings is 1. The maximum absolute atomic E-state index is 13.4. The number of allylic oxidation sites excluding steroid dienone is 2. The van der Waals surface area contributed by atoms with Gasteiger partial charge in [-0.3, -0.25) is 0 Å². The zero-order chi connectivity index (χ0) is 22.6. The molecule has 3 nitrogen and oxygen atoms in total. The van der Waals surface area contributed by atoms with Crippen molar-refractivity contribution in [2.75, 3.05) is 32.0 Å². The maximum Gasteiger partial charge on any atom is 0.416 e. The van der Waals surface area contributed by atoms with Gasteiger partial charge in [-0.2, -0.15) is 13.2 Å². The van der Waals surface area contributed by atoms with Crippen molar-refractivity contribution in [3.63, 3.8) is 0 Å². The van der Waals surface area contributed by atoms with Crippen LogP contribution in [0, 0.1) is 5.92 Å². The summed E-state index contributed by atoms with van der Waals surface area (Å²) in [7, 11) is 2.11. The number of nitrogens with one attached hydrogen (secondary N) is 2. The van der Waals surface area contributed by atoms with Crippen LogP contribution in [0.3, 0.4) is 0 Å². The highest BCUT2D eigenvalue weighted by molar-refractivity contribution is 5.67. The Morgan fingerprint density at radius 3 is 2.42 bits per heavy atom. The van der Waals surface area contributed by atoms with Crippen LogP contribution in [0.1, 0.15) is 39.0 Å². The van der Waals surface area contributed by atoms with E-state index in [1.54, 1.807) is 6.07 Å². The molecule has 0 aromatic heterocycles. The molecule has 2 aliphatic rings. The third kappa shape index (κ3) is 6.16. The van der Waals surface area contributed by atoms with Crippen molar-refractivity contribution >= 4 is 17.3 Å². The van der Waals surface area contributed by atoms with Gasteiger partial charge in [-0.15, -0.1) is 0 Å². The number of rotatable bonds is 7. The number of anilines is 1. The van der Waals surface area contributed by atoms with Crippen molar-refractivity contribution in [3.05, 3.63) is 53.1 Å². The van der Waals surface area contributed by atoms with E-state index >= 15 is 0 Å². The molecule has 3 rings (SSSR count). The molecule has 2 fully saturated rings. The fourth-order valence-electron chi connectivity index (χ4n) is 4.12. The van der Waals surface area contributed by atoms with Crippen LogP contribution in [0.2, 0.25) is 0 Å². The van der Waals surface area contributed by atoms with Gasteiger partial charge in [0.1, 0.15) is 0 Å². The van der Waals surface area contributed by atoms with Gasteiger partial charge in [0.15, 0.2) is 0 Å². The van der Waals surface area contributed by atoms with Gasteiger partial charge in [0.05, 0.1) is 5.57 Å². The number of nitrogens with zero attached hydrogens (tertiary/aromatic N) is 1. The smallest absolute Gasteiger partial charge is 0.385 e. The highest BCUT2D eigenvalue weighted by Gasteiger charge is 2.33. The first kappa shape index (κ1) is 23.5. The maximum atomic E-state index is 13.4. The van der Waals surface area contributed by atoms with Crippen LogP contribution in [0.4, 0.5) is 18.9 Å². The Bertz CT molecular complexity index is 920. The van der Waals surface area contributed by atoms with E-state index in [4.69, 9.17) is 0 Å². The fraction of sp³-hybridized carbons (Fsp3) is 0.520. The highest BCUT2D eigenvalue weighted by Crippen LogP contribution is 2.29. The summed E-state index contributed by atoms with van der Waals surface area (Å²) in [6, 6.07) is 5.77. The van der Waals surface area contributed by atoms with Gasteiger partial charge in [-0.25, -0.2) is 0 Å². The minimum atomic E-state index is -4.46. The van der Waals surface area contributed by atoms with Crippen LogP contribution in [0.5, 0.6) is 0 Å². The Kier molecular flexibility index (Phi) is 7.52.